The van der Waals surface area contributed by atoms with Crippen molar-refractivity contribution in [1.29, 1.82) is 0 Å². The average molecular weight is 287 g/mol. The lowest BCUT2D eigenvalue weighted by atomic mass is 10.1. The zero-order valence-electron chi connectivity index (χ0n) is 13.2. The van der Waals surface area contributed by atoms with Gasteiger partial charge in [-0.25, -0.2) is 0 Å². The van der Waals surface area contributed by atoms with Gasteiger partial charge in [0.15, 0.2) is 0 Å². The van der Waals surface area contributed by atoms with E-state index in [1.807, 2.05) is 35.1 Å². The standard InChI is InChI=1S/C17H25N3O/c1-4-11-21-15-7-5-14(6-8-15)17-16(18)12-20(19-17)10-9-13(2)3/h5-8,12-13H,4,9-11,18H2,1-3H3. The van der Waals surface area contributed by atoms with Gasteiger partial charge in [0.05, 0.1) is 12.3 Å². The molecule has 0 radical (unpaired) electrons. The molecule has 0 amide bonds. The first-order chi connectivity index (χ1) is 10.1. The quantitative estimate of drug-likeness (QED) is 0.838. The number of rotatable bonds is 7. The highest BCUT2D eigenvalue weighted by molar-refractivity contribution is 5.72. The number of benzene rings is 1. The summed E-state index contributed by atoms with van der Waals surface area (Å²) in [6.07, 6.45) is 4.03. The average Bonchev–Trinajstić information content (AvgIpc) is 2.84. The molecule has 1 aromatic carbocycles. The van der Waals surface area contributed by atoms with Crippen LogP contribution in [0.3, 0.4) is 0 Å². The van der Waals surface area contributed by atoms with Crippen molar-refractivity contribution in [3.05, 3.63) is 30.5 Å². The molecule has 2 aromatic rings. The van der Waals surface area contributed by atoms with E-state index >= 15 is 0 Å². The zero-order chi connectivity index (χ0) is 15.2. The fourth-order valence-electron chi connectivity index (χ4n) is 2.10. The molecule has 1 aromatic heterocycles. The number of aromatic nitrogens is 2. The molecule has 0 spiro atoms. The molecule has 0 atom stereocenters. The number of anilines is 1. The van der Waals surface area contributed by atoms with E-state index in [0.717, 1.165) is 48.7 Å². The second-order valence-electron chi connectivity index (χ2n) is 5.75. The Bertz CT molecular complexity index is 558. The van der Waals surface area contributed by atoms with E-state index in [1.54, 1.807) is 0 Å². The minimum atomic E-state index is 0.661. The third-order valence-electron chi connectivity index (χ3n) is 3.33. The van der Waals surface area contributed by atoms with Gasteiger partial charge >= 0.3 is 0 Å². The Morgan fingerprint density at radius 2 is 1.95 bits per heavy atom. The largest absolute Gasteiger partial charge is 0.494 e. The Kier molecular flexibility index (Phi) is 5.26. The number of hydrogen-bond acceptors (Lipinski definition) is 3. The maximum atomic E-state index is 6.08. The minimum Gasteiger partial charge on any atom is -0.494 e. The molecule has 4 nitrogen and oxygen atoms in total. The van der Waals surface area contributed by atoms with E-state index in [9.17, 15) is 0 Å². The Hall–Kier alpha value is -1.97. The first-order valence-corrected chi connectivity index (χ1v) is 7.66. The first kappa shape index (κ1) is 15.4. The van der Waals surface area contributed by atoms with Gasteiger partial charge in [0, 0.05) is 18.3 Å². The summed E-state index contributed by atoms with van der Waals surface area (Å²) in [5, 5.41) is 4.59. The van der Waals surface area contributed by atoms with Crippen LogP contribution in [0.2, 0.25) is 0 Å². The van der Waals surface area contributed by atoms with Gasteiger partial charge in [-0.05, 0) is 43.0 Å². The van der Waals surface area contributed by atoms with Crippen LogP contribution in [0.1, 0.15) is 33.6 Å². The fraction of sp³-hybridized carbons (Fsp3) is 0.471. The minimum absolute atomic E-state index is 0.661. The lowest BCUT2D eigenvalue weighted by Crippen LogP contribution is -2.02. The van der Waals surface area contributed by atoms with Gasteiger partial charge in [-0.15, -0.1) is 0 Å². The van der Waals surface area contributed by atoms with Gasteiger partial charge in [0.1, 0.15) is 11.4 Å². The molecule has 0 aliphatic heterocycles. The summed E-state index contributed by atoms with van der Waals surface area (Å²) in [5.74, 6) is 1.55. The lowest BCUT2D eigenvalue weighted by molar-refractivity contribution is 0.317. The monoisotopic (exact) mass is 287 g/mol. The number of aryl methyl sites for hydroxylation is 1. The lowest BCUT2D eigenvalue weighted by Gasteiger charge is -2.05. The van der Waals surface area contributed by atoms with Crippen LogP contribution in [0.4, 0.5) is 5.69 Å². The van der Waals surface area contributed by atoms with Crippen LogP contribution < -0.4 is 10.5 Å². The Morgan fingerprint density at radius 3 is 2.57 bits per heavy atom. The molecule has 0 saturated heterocycles. The Balaban J connectivity index is 2.10. The molecule has 2 N–H and O–H groups in total. The summed E-state index contributed by atoms with van der Waals surface area (Å²) in [7, 11) is 0. The van der Waals surface area contributed by atoms with Gasteiger partial charge in [0.25, 0.3) is 0 Å². The summed E-state index contributed by atoms with van der Waals surface area (Å²) in [6.45, 7) is 8.16. The third kappa shape index (κ3) is 4.25. The van der Waals surface area contributed by atoms with E-state index in [2.05, 4.69) is 25.9 Å². The fourth-order valence-corrected chi connectivity index (χ4v) is 2.10. The van der Waals surface area contributed by atoms with Crippen molar-refractivity contribution in [2.24, 2.45) is 5.92 Å². The highest BCUT2D eigenvalue weighted by Gasteiger charge is 2.09. The summed E-state index contributed by atoms with van der Waals surface area (Å²) < 4.78 is 7.53. The summed E-state index contributed by atoms with van der Waals surface area (Å²) in [4.78, 5) is 0. The zero-order valence-corrected chi connectivity index (χ0v) is 13.2. The topological polar surface area (TPSA) is 53.1 Å². The van der Waals surface area contributed by atoms with E-state index < -0.39 is 0 Å². The molecule has 0 saturated carbocycles. The van der Waals surface area contributed by atoms with Crippen LogP contribution in [0.25, 0.3) is 11.3 Å². The predicted octanol–water partition coefficient (Wildman–Crippen LogP) is 3.97. The molecule has 0 bridgehead atoms. The highest BCUT2D eigenvalue weighted by Crippen LogP contribution is 2.26. The highest BCUT2D eigenvalue weighted by atomic mass is 16.5. The van der Waals surface area contributed by atoms with E-state index in [4.69, 9.17) is 10.5 Å². The van der Waals surface area contributed by atoms with Crippen molar-refractivity contribution in [3.8, 4) is 17.0 Å². The SMILES string of the molecule is CCCOc1ccc(-c2nn(CCC(C)C)cc2N)cc1. The van der Waals surface area contributed by atoms with Crippen LogP contribution in [-0.2, 0) is 6.54 Å². The maximum absolute atomic E-state index is 6.08. The molecular formula is C17H25N3O. The number of nitrogen functional groups attached to an aromatic ring is 1. The Labute approximate surface area is 126 Å². The Morgan fingerprint density at radius 1 is 1.24 bits per heavy atom. The first-order valence-electron chi connectivity index (χ1n) is 7.66. The summed E-state index contributed by atoms with van der Waals surface area (Å²) in [5.41, 5.74) is 8.68. The third-order valence-corrected chi connectivity index (χ3v) is 3.33. The molecule has 4 heteroatoms. The maximum Gasteiger partial charge on any atom is 0.119 e. The van der Waals surface area contributed by atoms with Crippen LogP contribution in [0, 0.1) is 5.92 Å². The van der Waals surface area contributed by atoms with Gasteiger partial charge < -0.3 is 10.5 Å². The number of hydrogen-bond donors (Lipinski definition) is 1. The molecular weight excluding hydrogens is 262 g/mol. The molecule has 114 valence electrons. The molecule has 1 heterocycles. The second kappa shape index (κ2) is 7.16. The van der Waals surface area contributed by atoms with Crippen LogP contribution in [-0.4, -0.2) is 16.4 Å². The molecule has 0 aliphatic rings. The summed E-state index contributed by atoms with van der Waals surface area (Å²) >= 11 is 0. The molecule has 0 unspecified atom stereocenters. The van der Waals surface area contributed by atoms with Gasteiger partial charge in [-0.1, -0.05) is 20.8 Å². The van der Waals surface area contributed by atoms with E-state index in [0.29, 0.717) is 5.92 Å². The van der Waals surface area contributed by atoms with Gasteiger partial charge in [-0.3, -0.25) is 4.68 Å². The normalized spacial score (nSPS) is 11.0. The molecule has 2 rings (SSSR count). The van der Waals surface area contributed by atoms with Gasteiger partial charge in [0.2, 0.25) is 0 Å². The molecule has 21 heavy (non-hydrogen) atoms. The van der Waals surface area contributed by atoms with Crippen molar-refractivity contribution in [1.82, 2.24) is 9.78 Å². The summed E-state index contributed by atoms with van der Waals surface area (Å²) in [6, 6.07) is 7.96. The molecule has 0 fully saturated rings. The number of nitrogens with zero attached hydrogens (tertiary/aromatic N) is 2. The van der Waals surface area contributed by atoms with Crippen molar-refractivity contribution in [2.45, 2.75) is 40.2 Å². The van der Waals surface area contributed by atoms with Crippen molar-refractivity contribution >= 4 is 5.69 Å². The van der Waals surface area contributed by atoms with Crippen LogP contribution in [0.15, 0.2) is 30.5 Å². The number of nitrogens with two attached hydrogens (primary N) is 1. The van der Waals surface area contributed by atoms with Crippen LogP contribution >= 0.6 is 0 Å². The van der Waals surface area contributed by atoms with Crippen LogP contribution in [0.5, 0.6) is 5.75 Å². The second-order valence-corrected chi connectivity index (χ2v) is 5.75. The van der Waals surface area contributed by atoms with Crippen molar-refractivity contribution in [3.63, 3.8) is 0 Å². The van der Waals surface area contributed by atoms with Crippen molar-refractivity contribution < 1.29 is 4.74 Å². The van der Waals surface area contributed by atoms with Gasteiger partial charge in [-0.2, -0.15) is 5.10 Å². The van der Waals surface area contributed by atoms with E-state index in [1.165, 1.54) is 0 Å². The van der Waals surface area contributed by atoms with Crippen molar-refractivity contribution in [2.75, 3.05) is 12.3 Å². The van der Waals surface area contributed by atoms with E-state index in [-0.39, 0.29) is 0 Å². The smallest absolute Gasteiger partial charge is 0.119 e. The predicted molar refractivity (Wildman–Crippen MR) is 87.3 cm³/mol. The number of ether oxygens (including phenoxy) is 1. The molecule has 0 aliphatic carbocycles.